The number of ether oxygens (including phenoxy) is 1. The highest BCUT2D eigenvalue weighted by atomic mass is 35.5. The summed E-state index contributed by atoms with van der Waals surface area (Å²) in [5.74, 6) is -1.91. The van der Waals surface area contributed by atoms with Gasteiger partial charge in [0.15, 0.2) is 5.78 Å². The number of ketones is 1. The summed E-state index contributed by atoms with van der Waals surface area (Å²) in [6, 6.07) is 6.24. The first-order valence-corrected chi connectivity index (χ1v) is 8.00. The molecule has 0 aliphatic carbocycles. The minimum absolute atomic E-state index is 0.128. The van der Waals surface area contributed by atoms with Crippen LogP contribution in [0.4, 0.5) is 0 Å². The number of hydrogen-bond acceptors (Lipinski definition) is 5. The molecular weight excluding hydrogens is 318 g/mol. The number of esters is 1. The molecule has 1 aliphatic rings. The number of carbonyl (C=O) groups excluding carboxylic acids is 3. The lowest BCUT2D eigenvalue weighted by molar-refractivity contribution is -0.152. The zero-order valence-electron chi connectivity index (χ0n) is 13.0. The molecule has 1 aromatic carbocycles. The van der Waals surface area contributed by atoms with Crippen molar-refractivity contribution in [1.82, 2.24) is 4.90 Å². The van der Waals surface area contributed by atoms with Gasteiger partial charge in [0, 0.05) is 23.7 Å². The molecule has 2 rings (SSSR count). The van der Waals surface area contributed by atoms with Crippen LogP contribution in [0.3, 0.4) is 0 Å². The van der Waals surface area contributed by atoms with E-state index in [9.17, 15) is 14.4 Å². The number of halogens is 1. The van der Waals surface area contributed by atoms with Gasteiger partial charge in [0.05, 0.1) is 12.3 Å². The van der Waals surface area contributed by atoms with E-state index in [1.807, 2.05) is 7.05 Å². The summed E-state index contributed by atoms with van der Waals surface area (Å²) in [5.41, 5.74) is 0.360. The summed E-state index contributed by atoms with van der Waals surface area (Å²) in [4.78, 5) is 37.6. The van der Waals surface area contributed by atoms with E-state index in [1.54, 1.807) is 24.3 Å². The molecule has 5 nitrogen and oxygen atoms in total. The molecule has 6 heteroatoms. The van der Waals surface area contributed by atoms with Crippen molar-refractivity contribution >= 4 is 29.6 Å². The second-order valence-electron chi connectivity index (χ2n) is 5.81. The van der Waals surface area contributed by atoms with Crippen molar-refractivity contribution in [1.29, 1.82) is 0 Å². The number of aldehydes is 1. The Morgan fingerprint density at radius 1 is 1.30 bits per heavy atom. The summed E-state index contributed by atoms with van der Waals surface area (Å²) in [7, 11) is 2.02. The van der Waals surface area contributed by atoms with Crippen molar-refractivity contribution < 1.29 is 19.1 Å². The van der Waals surface area contributed by atoms with Gasteiger partial charge in [0.1, 0.15) is 12.4 Å². The van der Waals surface area contributed by atoms with E-state index >= 15 is 0 Å². The number of piperidine rings is 1. The van der Waals surface area contributed by atoms with E-state index < -0.39 is 17.7 Å². The SMILES string of the molecule is CN1CCC(OC(=O)CC(C=O)C(=O)c2ccc(Cl)cc2)CC1. The fraction of sp³-hybridized carbons (Fsp3) is 0.471. The molecular formula is C17H20ClNO4. The van der Waals surface area contributed by atoms with Gasteiger partial charge in [-0.3, -0.25) is 9.59 Å². The van der Waals surface area contributed by atoms with E-state index in [-0.39, 0.29) is 12.5 Å². The van der Waals surface area contributed by atoms with Crippen LogP contribution in [0.15, 0.2) is 24.3 Å². The minimum Gasteiger partial charge on any atom is -0.462 e. The van der Waals surface area contributed by atoms with Gasteiger partial charge < -0.3 is 14.4 Å². The Balaban J connectivity index is 1.90. The molecule has 0 radical (unpaired) electrons. The molecule has 0 N–H and O–H groups in total. The first-order chi connectivity index (χ1) is 11.0. The standard InChI is InChI=1S/C17H20ClNO4/c1-19-8-6-15(7-9-19)23-16(21)10-13(11-20)17(22)12-2-4-14(18)5-3-12/h2-5,11,13,15H,6-10H2,1H3. The third-order valence-corrected chi connectivity index (χ3v) is 4.23. The first-order valence-electron chi connectivity index (χ1n) is 7.62. The molecule has 1 fully saturated rings. The van der Waals surface area contributed by atoms with Crippen LogP contribution in [0, 0.1) is 5.92 Å². The Bertz CT molecular complexity index is 564. The maximum absolute atomic E-state index is 12.3. The van der Waals surface area contributed by atoms with Gasteiger partial charge in [-0.05, 0) is 44.2 Å². The van der Waals surface area contributed by atoms with Gasteiger partial charge in [-0.2, -0.15) is 0 Å². The Kier molecular flexibility index (Phi) is 6.30. The summed E-state index contributed by atoms with van der Waals surface area (Å²) >= 11 is 5.77. The second-order valence-corrected chi connectivity index (χ2v) is 6.25. The van der Waals surface area contributed by atoms with Crippen molar-refractivity contribution in [3.63, 3.8) is 0 Å². The van der Waals surface area contributed by atoms with Crippen LogP contribution < -0.4 is 0 Å². The fourth-order valence-electron chi connectivity index (χ4n) is 2.55. The lowest BCUT2D eigenvalue weighted by Gasteiger charge is -2.28. The third kappa shape index (κ3) is 5.15. The molecule has 23 heavy (non-hydrogen) atoms. The van der Waals surface area contributed by atoms with Gasteiger partial charge >= 0.3 is 5.97 Å². The highest BCUT2D eigenvalue weighted by Gasteiger charge is 2.26. The third-order valence-electron chi connectivity index (χ3n) is 3.98. The van der Waals surface area contributed by atoms with Crippen LogP contribution in [0.5, 0.6) is 0 Å². The quantitative estimate of drug-likeness (QED) is 0.345. The van der Waals surface area contributed by atoms with E-state index in [1.165, 1.54) is 0 Å². The number of hydrogen-bond donors (Lipinski definition) is 0. The normalized spacial score (nSPS) is 17.5. The number of carbonyl (C=O) groups is 3. The van der Waals surface area contributed by atoms with E-state index in [4.69, 9.17) is 16.3 Å². The zero-order valence-corrected chi connectivity index (χ0v) is 13.8. The van der Waals surface area contributed by atoms with Gasteiger partial charge in [-0.1, -0.05) is 11.6 Å². The van der Waals surface area contributed by atoms with Gasteiger partial charge in [-0.15, -0.1) is 0 Å². The van der Waals surface area contributed by atoms with E-state index in [2.05, 4.69) is 4.90 Å². The highest BCUT2D eigenvalue weighted by Crippen LogP contribution is 2.17. The number of nitrogens with zero attached hydrogens (tertiary/aromatic N) is 1. The summed E-state index contributed by atoms with van der Waals surface area (Å²) < 4.78 is 5.38. The smallest absolute Gasteiger partial charge is 0.307 e. The van der Waals surface area contributed by atoms with Crippen LogP contribution in [0.1, 0.15) is 29.6 Å². The van der Waals surface area contributed by atoms with Crippen molar-refractivity contribution in [2.75, 3.05) is 20.1 Å². The molecule has 1 heterocycles. The van der Waals surface area contributed by atoms with Gasteiger partial charge in [0.25, 0.3) is 0 Å². The van der Waals surface area contributed by atoms with Crippen molar-refractivity contribution in [3.05, 3.63) is 34.9 Å². The average molecular weight is 338 g/mol. The molecule has 0 bridgehead atoms. The first kappa shape index (κ1) is 17.6. The van der Waals surface area contributed by atoms with Crippen LogP contribution in [0.25, 0.3) is 0 Å². The van der Waals surface area contributed by atoms with Crippen molar-refractivity contribution in [3.8, 4) is 0 Å². The summed E-state index contributed by atoms with van der Waals surface area (Å²) in [6.45, 7) is 1.75. The van der Waals surface area contributed by atoms with Crippen molar-refractivity contribution in [2.45, 2.75) is 25.4 Å². The molecule has 1 atom stereocenters. The predicted octanol–water partition coefficient (Wildman–Crippen LogP) is 2.37. The number of rotatable bonds is 6. The van der Waals surface area contributed by atoms with Gasteiger partial charge in [-0.25, -0.2) is 0 Å². The summed E-state index contributed by atoms with van der Waals surface area (Å²) in [6.07, 6.45) is 1.71. The Labute approximate surface area is 140 Å². The molecule has 1 aliphatic heterocycles. The molecule has 0 aromatic heterocycles. The molecule has 0 saturated carbocycles. The minimum atomic E-state index is -1.02. The maximum atomic E-state index is 12.3. The summed E-state index contributed by atoms with van der Waals surface area (Å²) in [5, 5.41) is 0.505. The van der Waals surface area contributed by atoms with E-state index in [0.29, 0.717) is 16.9 Å². The Hall–Kier alpha value is -1.72. The monoisotopic (exact) mass is 337 g/mol. The lowest BCUT2D eigenvalue weighted by atomic mass is 9.96. The molecule has 0 spiro atoms. The zero-order chi connectivity index (χ0) is 16.8. The fourth-order valence-corrected chi connectivity index (χ4v) is 2.67. The molecule has 0 amide bonds. The lowest BCUT2D eigenvalue weighted by Crippen LogP contribution is -2.35. The molecule has 124 valence electrons. The number of likely N-dealkylation sites (tertiary alicyclic amines) is 1. The highest BCUT2D eigenvalue weighted by molar-refractivity contribution is 6.30. The Morgan fingerprint density at radius 3 is 2.48 bits per heavy atom. The predicted molar refractivity (Wildman–Crippen MR) is 86.6 cm³/mol. The molecule has 1 aromatic rings. The topological polar surface area (TPSA) is 63.7 Å². The Morgan fingerprint density at radius 2 is 1.91 bits per heavy atom. The van der Waals surface area contributed by atoms with Crippen LogP contribution >= 0.6 is 11.6 Å². The van der Waals surface area contributed by atoms with E-state index in [0.717, 1.165) is 25.9 Å². The average Bonchev–Trinajstić information content (AvgIpc) is 2.55. The van der Waals surface area contributed by atoms with Gasteiger partial charge in [0.2, 0.25) is 0 Å². The van der Waals surface area contributed by atoms with Crippen molar-refractivity contribution in [2.24, 2.45) is 5.92 Å². The number of benzene rings is 1. The maximum Gasteiger partial charge on any atom is 0.307 e. The molecule has 1 unspecified atom stereocenters. The van der Waals surface area contributed by atoms with Crippen LogP contribution in [-0.2, 0) is 14.3 Å². The second kappa shape index (κ2) is 8.22. The largest absolute Gasteiger partial charge is 0.462 e. The molecule has 1 saturated heterocycles. The van der Waals surface area contributed by atoms with Crippen LogP contribution in [0.2, 0.25) is 5.02 Å². The van der Waals surface area contributed by atoms with Crippen LogP contribution in [-0.4, -0.2) is 49.2 Å². The number of Topliss-reactive ketones (excluding diaryl/α,β-unsaturated/α-hetero) is 1.